The summed E-state index contributed by atoms with van der Waals surface area (Å²) in [4.78, 5) is 15.5. The lowest BCUT2D eigenvalue weighted by Gasteiger charge is -2.17. The number of nitrogens with zero attached hydrogens (tertiary/aromatic N) is 3. The van der Waals surface area contributed by atoms with Crippen LogP contribution < -0.4 is 10.9 Å². The number of nitriles is 1. The van der Waals surface area contributed by atoms with Crippen molar-refractivity contribution >= 4 is 5.91 Å². The maximum absolute atomic E-state index is 12.1. The molecular formula is C17H23N5O. The number of carbonyl (C=O) groups is 1. The third kappa shape index (κ3) is 3.31. The summed E-state index contributed by atoms with van der Waals surface area (Å²) in [5.74, 6) is 0.522. The zero-order valence-corrected chi connectivity index (χ0v) is 13.6. The van der Waals surface area contributed by atoms with Crippen LogP contribution in [0.5, 0.6) is 0 Å². The smallest absolute Gasteiger partial charge is 0.253 e. The van der Waals surface area contributed by atoms with Crippen LogP contribution in [0, 0.1) is 17.4 Å². The van der Waals surface area contributed by atoms with Gasteiger partial charge in [-0.1, -0.05) is 12.1 Å². The second-order valence-corrected chi connectivity index (χ2v) is 6.60. The Morgan fingerprint density at radius 2 is 2.22 bits per heavy atom. The number of likely N-dealkylation sites (tertiary alicyclic amines) is 1. The van der Waals surface area contributed by atoms with Crippen molar-refractivity contribution in [2.75, 3.05) is 27.2 Å². The highest BCUT2D eigenvalue weighted by atomic mass is 16.2. The topological polar surface area (TPSA) is 71.4 Å². The fourth-order valence-electron chi connectivity index (χ4n) is 3.46. The number of amides is 1. The van der Waals surface area contributed by atoms with E-state index in [0.717, 1.165) is 31.5 Å². The minimum atomic E-state index is 0.0230. The lowest BCUT2D eigenvalue weighted by Crippen LogP contribution is -2.36. The number of nitrogens with one attached hydrogen (secondary N) is 2. The van der Waals surface area contributed by atoms with Gasteiger partial charge in [0.05, 0.1) is 0 Å². The summed E-state index contributed by atoms with van der Waals surface area (Å²) in [5.41, 5.74) is 8.58. The molecule has 3 atom stereocenters. The van der Waals surface area contributed by atoms with Gasteiger partial charge in [-0.05, 0) is 36.5 Å². The van der Waals surface area contributed by atoms with Crippen LogP contribution >= 0.6 is 0 Å². The lowest BCUT2D eigenvalue weighted by molar-refractivity contribution is 0.0827. The quantitative estimate of drug-likeness (QED) is 0.818. The van der Waals surface area contributed by atoms with Crippen LogP contribution in [0.3, 0.4) is 0 Å². The van der Waals surface area contributed by atoms with Crippen molar-refractivity contribution in [3.63, 3.8) is 0 Å². The molecule has 2 fully saturated rings. The molecule has 2 aliphatic rings. The Morgan fingerprint density at radius 1 is 1.39 bits per heavy atom. The molecule has 1 amide bonds. The molecule has 2 saturated heterocycles. The molecule has 2 heterocycles. The van der Waals surface area contributed by atoms with Gasteiger partial charge in [0.1, 0.15) is 0 Å². The average molecular weight is 313 g/mol. The van der Waals surface area contributed by atoms with Crippen molar-refractivity contribution in [1.82, 2.24) is 20.7 Å². The second kappa shape index (κ2) is 6.57. The first-order chi connectivity index (χ1) is 11.1. The predicted octanol–water partition coefficient (Wildman–Crippen LogP) is 1.10. The summed E-state index contributed by atoms with van der Waals surface area (Å²) >= 11 is 0. The van der Waals surface area contributed by atoms with E-state index in [2.05, 4.69) is 23.1 Å². The Labute approximate surface area is 137 Å². The van der Waals surface area contributed by atoms with E-state index < -0.39 is 0 Å². The Kier molecular flexibility index (Phi) is 4.51. The van der Waals surface area contributed by atoms with E-state index >= 15 is 0 Å². The van der Waals surface area contributed by atoms with Gasteiger partial charge in [0, 0.05) is 44.8 Å². The normalized spacial score (nSPS) is 27.0. The molecule has 23 heavy (non-hydrogen) atoms. The van der Waals surface area contributed by atoms with Crippen molar-refractivity contribution in [3.8, 4) is 6.19 Å². The predicted molar refractivity (Wildman–Crippen MR) is 87.2 cm³/mol. The molecule has 3 rings (SSSR count). The van der Waals surface area contributed by atoms with Crippen LogP contribution in [0.4, 0.5) is 0 Å². The molecule has 6 nitrogen and oxygen atoms in total. The first-order valence-electron chi connectivity index (χ1n) is 8.06. The van der Waals surface area contributed by atoms with Crippen molar-refractivity contribution < 1.29 is 4.79 Å². The van der Waals surface area contributed by atoms with E-state index in [1.165, 1.54) is 0 Å². The molecular weight excluding hydrogens is 290 g/mol. The Bertz CT molecular complexity index is 624. The lowest BCUT2D eigenvalue weighted by atomic mass is 9.92. The van der Waals surface area contributed by atoms with E-state index in [0.29, 0.717) is 17.5 Å². The maximum atomic E-state index is 12.1. The molecule has 2 N–H and O–H groups in total. The third-order valence-electron chi connectivity index (χ3n) is 4.81. The Morgan fingerprint density at radius 3 is 2.91 bits per heavy atom. The van der Waals surface area contributed by atoms with E-state index in [1.54, 1.807) is 19.0 Å². The maximum Gasteiger partial charge on any atom is 0.253 e. The van der Waals surface area contributed by atoms with Crippen LogP contribution in [-0.4, -0.2) is 48.9 Å². The molecule has 0 aromatic heterocycles. The number of hydrogen-bond acceptors (Lipinski definition) is 5. The number of benzene rings is 1. The van der Waals surface area contributed by atoms with E-state index in [-0.39, 0.29) is 11.9 Å². The van der Waals surface area contributed by atoms with Crippen LogP contribution in [0.15, 0.2) is 24.3 Å². The Balaban J connectivity index is 1.66. The molecule has 0 spiro atoms. The molecule has 0 radical (unpaired) electrons. The molecule has 122 valence electrons. The van der Waals surface area contributed by atoms with Crippen molar-refractivity contribution in [1.29, 1.82) is 5.26 Å². The third-order valence-corrected chi connectivity index (χ3v) is 4.81. The van der Waals surface area contributed by atoms with Crippen molar-refractivity contribution in [2.45, 2.75) is 24.9 Å². The van der Waals surface area contributed by atoms with Gasteiger partial charge in [0.2, 0.25) is 0 Å². The van der Waals surface area contributed by atoms with Crippen LogP contribution in [0.25, 0.3) is 0 Å². The molecule has 3 unspecified atom stereocenters. The first kappa shape index (κ1) is 15.8. The molecule has 2 aliphatic heterocycles. The van der Waals surface area contributed by atoms with Gasteiger partial charge < -0.3 is 9.80 Å². The summed E-state index contributed by atoms with van der Waals surface area (Å²) in [6.45, 7) is 1.69. The molecule has 0 saturated carbocycles. The van der Waals surface area contributed by atoms with Gasteiger partial charge >= 0.3 is 0 Å². The van der Waals surface area contributed by atoms with Gasteiger partial charge in [-0.2, -0.15) is 5.26 Å². The summed E-state index contributed by atoms with van der Waals surface area (Å²) in [6.07, 6.45) is 4.26. The van der Waals surface area contributed by atoms with Crippen molar-refractivity contribution in [3.05, 3.63) is 35.4 Å². The van der Waals surface area contributed by atoms with Gasteiger partial charge in [0.15, 0.2) is 6.19 Å². The fraction of sp³-hybridized carbons (Fsp3) is 0.529. The highest BCUT2D eigenvalue weighted by molar-refractivity contribution is 5.94. The van der Waals surface area contributed by atoms with Crippen molar-refractivity contribution in [2.24, 2.45) is 5.92 Å². The summed E-state index contributed by atoms with van der Waals surface area (Å²) in [7, 11) is 3.53. The first-order valence-corrected chi connectivity index (χ1v) is 8.06. The van der Waals surface area contributed by atoms with Crippen LogP contribution in [0.1, 0.15) is 34.8 Å². The largest absolute Gasteiger partial charge is 0.345 e. The highest BCUT2D eigenvalue weighted by Crippen LogP contribution is 2.30. The number of hydrazine groups is 1. The van der Waals surface area contributed by atoms with Crippen LogP contribution in [0.2, 0.25) is 0 Å². The van der Waals surface area contributed by atoms with E-state index in [4.69, 9.17) is 5.26 Å². The standard InChI is InChI=1S/C17H23N5O/c1-21(2)17(23)13-5-3-4-12(8-13)15-9-16(20-19-15)14-6-7-22(10-14)11-18/h3-5,8,14-16,19-20H,6-7,9-10H2,1-2H3. The molecule has 0 aliphatic carbocycles. The summed E-state index contributed by atoms with van der Waals surface area (Å²) in [6, 6.07) is 8.39. The summed E-state index contributed by atoms with van der Waals surface area (Å²) < 4.78 is 0. The Hall–Kier alpha value is -2.10. The molecule has 0 bridgehead atoms. The number of rotatable bonds is 3. The van der Waals surface area contributed by atoms with Gasteiger partial charge in [-0.25, -0.2) is 0 Å². The minimum Gasteiger partial charge on any atom is -0.345 e. The summed E-state index contributed by atoms with van der Waals surface area (Å²) in [5, 5.41) is 8.99. The highest BCUT2D eigenvalue weighted by Gasteiger charge is 2.35. The van der Waals surface area contributed by atoms with E-state index in [9.17, 15) is 4.79 Å². The zero-order chi connectivity index (χ0) is 16.4. The second-order valence-electron chi connectivity index (χ2n) is 6.60. The molecule has 1 aromatic carbocycles. The SMILES string of the molecule is CN(C)C(=O)c1cccc(C2CC(C3CCN(C#N)C3)NN2)c1. The van der Waals surface area contributed by atoms with Crippen LogP contribution in [-0.2, 0) is 0 Å². The fourth-order valence-corrected chi connectivity index (χ4v) is 3.46. The number of carbonyl (C=O) groups excluding carboxylic acids is 1. The minimum absolute atomic E-state index is 0.0230. The molecule has 1 aromatic rings. The average Bonchev–Trinajstić information content (AvgIpc) is 3.22. The zero-order valence-electron chi connectivity index (χ0n) is 13.6. The number of hydrogen-bond donors (Lipinski definition) is 2. The van der Waals surface area contributed by atoms with E-state index in [1.807, 2.05) is 23.1 Å². The van der Waals surface area contributed by atoms with Gasteiger partial charge in [-0.15, -0.1) is 0 Å². The monoisotopic (exact) mass is 313 g/mol. The van der Waals surface area contributed by atoms with Gasteiger partial charge in [-0.3, -0.25) is 15.6 Å². The molecule has 6 heteroatoms. The van der Waals surface area contributed by atoms with Gasteiger partial charge in [0.25, 0.3) is 5.91 Å².